The van der Waals surface area contributed by atoms with Gasteiger partial charge < -0.3 is 14.2 Å². The van der Waals surface area contributed by atoms with E-state index in [-0.39, 0.29) is 5.91 Å². The topological polar surface area (TPSA) is 57.0 Å². The molecule has 146 valence electrons. The number of carbonyl (C=O) groups is 2. The average Bonchev–Trinajstić information content (AvgIpc) is 3.23. The third-order valence-corrected chi connectivity index (χ3v) is 7.24. The molecule has 0 unspecified atom stereocenters. The summed E-state index contributed by atoms with van der Waals surface area (Å²) in [4.78, 5) is 31.7. The zero-order valence-corrected chi connectivity index (χ0v) is 15.9. The van der Waals surface area contributed by atoms with Crippen molar-refractivity contribution >= 4 is 11.8 Å². The first kappa shape index (κ1) is 17.3. The number of carbonyl (C=O) groups excluding carboxylic acids is 2. The summed E-state index contributed by atoms with van der Waals surface area (Å²) in [6, 6.07) is 2.81. The van der Waals surface area contributed by atoms with E-state index < -0.39 is 0 Å². The molecule has 27 heavy (non-hydrogen) atoms. The van der Waals surface area contributed by atoms with Gasteiger partial charge in [0.15, 0.2) is 0 Å². The van der Waals surface area contributed by atoms with Gasteiger partial charge in [0.05, 0.1) is 11.8 Å². The van der Waals surface area contributed by atoms with Crippen molar-refractivity contribution in [3.05, 3.63) is 24.2 Å². The molecule has 4 aliphatic rings. The van der Waals surface area contributed by atoms with Gasteiger partial charge in [-0.1, -0.05) is 0 Å². The Labute approximate surface area is 160 Å². The molecule has 0 N–H and O–H groups in total. The zero-order valence-electron chi connectivity index (χ0n) is 15.9. The lowest BCUT2D eigenvalue weighted by Gasteiger charge is -2.54. The molecule has 0 radical (unpaired) electrons. The number of likely N-dealkylation sites (tertiary alicyclic amines) is 2. The van der Waals surface area contributed by atoms with Crippen molar-refractivity contribution in [2.24, 2.45) is 11.8 Å². The number of hydrogen-bond acceptors (Lipinski definition) is 4. The number of rotatable bonds is 2. The average molecular weight is 371 g/mol. The van der Waals surface area contributed by atoms with Gasteiger partial charge in [0.1, 0.15) is 6.26 Å². The molecule has 2 amide bonds. The molecule has 3 atom stereocenters. The van der Waals surface area contributed by atoms with Crippen molar-refractivity contribution < 1.29 is 14.0 Å². The van der Waals surface area contributed by atoms with E-state index >= 15 is 0 Å². The Kier molecular flexibility index (Phi) is 4.46. The largest absolute Gasteiger partial charge is 0.472 e. The number of furan rings is 1. The Morgan fingerprint density at radius 3 is 2.74 bits per heavy atom. The first-order valence-corrected chi connectivity index (χ1v) is 10.5. The highest BCUT2D eigenvalue weighted by molar-refractivity contribution is 5.93. The molecular weight excluding hydrogens is 342 g/mol. The van der Waals surface area contributed by atoms with Gasteiger partial charge >= 0.3 is 0 Å². The fourth-order valence-electron chi connectivity index (χ4n) is 5.95. The molecule has 1 aromatic heterocycles. The number of hydrogen-bond donors (Lipinski definition) is 0. The van der Waals surface area contributed by atoms with Crippen LogP contribution in [0.25, 0.3) is 0 Å². The SMILES string of the molecule is O=C(c1ccoc1)N1CCC(N2C[C@H]3C[C@H](C2)[C@H]2CCCC(=O)N2C3)CC1. The van der Waals surface area contributed by atoms with E-state index in [0.29, 0.717) is 35.4 Å². The Morgan fingerprint density at radius 2 is 1.96 bits per heavy atom. The van der Waals surface area contributed by atoms with Crippen LogP contribution in [0, 0.1) is 11.8 Å². The third kappa shape index (κ3) is 3.18. The number of fused-ring (bicyclic) bond motifs is 4. The Morgan fingerprint density at radius 1 is 1.11 bits per heavy atom. The second kappa shape index (κ2) is 6.97. The highest BCUT2D eigenvalue weighted by atomic mass is 16.3. The second-order valence-corrected chi connectivity index (χ2v) is 8.86. The van der Waals surface area contributed by atoms with Gasteiger partial charge in [0, 0.05) is 51.2 Å². The lowest BCUT2D eigenvalue weighted by molar-refractivity contribution is -0.145. The Balaban J connectivity index is 1.20. The van der Waals surface area contributed by atoms with Crippen LogP contribution in [0.4, 0.5) is 0 Å². The predicted octanol–water partition coefficient (Wildman–Crippen LogP) is 2.22. The van der Waals surface area contributed by atoms with Crippen LogP contribution in [0.3, 0.4) is 0 Å². The molecule has 0 saturated carbocycles. The minimum absolute atomic E-state index is 0.0917. The minimum atomic E-state index is 0.0917. The van der Waals surface area contributed by atoms with Crippen molar-refractivity contribution in [2.75, 3.05) is 32.7 Å². The molecule has 0 spiro atoms. The van der Waals surface area contributed by atoms with Crippen LogP contribution in [0.5, 0.6) is 0 Å². The summed E-state index contributed by atoms with van der Waals surface area (Å²) in [5.74, 6) is 1.76. The van der Waals surface area contributed by atoms with Crippen LogP contribution in [0.15, 0.2) is 23.0 Å². The molecule has 6 nitrogen and oxygen atoms in total. The lowest BCUT2D eigenvalue weighted by atomic mass is 9.75. The molecule has 0 aromatic carbocycles. The van der Waals surface area contributed by atoms with E-state index in [1.807, 2.05) is 4.90 Å². The van der Waals surface area contributed by atoms with Gasteiger partial charge in [-0.3, -0.25) is 14.5 Å². The maximum absolute atomic E-state index is 12.5. The molecule has 2 bridgehead atoms. The maximum Gasteiger partial charge on any atom is 0.257 e. The number of amides is 2. The maximum atomic E-state index is 12.5. The fraction of sp³-hybridized carbons (Fsp3) is 0.714. The van der Waals surface area contributed by atoms with Gasteiger partial charge in [0.2, 0.25) is 5.91 Å². The van der Waals surface area contributed by atoms with E-state index in [9.17, 15) is 9.59 Å². The van der Waals surface area contributed by atoms with Crippen LogP contribution in [0.1, 0.15) is 48.9 Å². The van der Waals surface area contributed by atoms with Crippen LogP contribution in [0.2, 0.25) is 0 Å². The number of piperidine rings is 4. The van der Waals surface area contributed by atoms with Crippen molar-refractivity contribution in [1.29, 1.82) is 0 Å². The van der Waals surface area contributed by atoms with Gasteiger partial charge in [-0.25, -0.2) is 0 Å². The quantitative estimate of drug-likeness (QED) is 0.800. The normalized spacial score (nSPS) is 32.4. The molecule has 1 aromatic rings. The van der Waals surface area contributed by atoms with Crippen molar-refractivity contribution in [3.8, 4) is 0 Å². The summed E-state index contributed by atoms with van der Waals surface area (Å²) in [6.45, 7) is 4.87. The standard InChI is InChI=1S/C21H29N3O3/c25-20-3-1-2-19-17-10-15(12-24(19)20)11-23(13-17)18-4-7-22(8-5-18)21(26)16-6-9-27-14-16/h6,9,14-15,17-19H,1-5,7-8,10-13H2/t15-,17-,19-/m1/s1. The smallest absolute Gasteiger partial charge is 0.257 e. The second-order valence-electron chi connectivity index (χ2n) is 8.86. The van der Waals surface area contributed by atoms with Crippen molar-refractivity contribution in [3.63, 3.8) is 0 Å². The monoisotopic (exact) mass is 371 g/mol. The summed E-state index contributed by atoms with van der Waals surface area (Å²) in [7, 11) is 0. The molecule has 0 aliphatic carbocycles. The van der Waals surface area contributed by atoms with E-state index in [0.717, 1.165) is 58.4 Å². The van der Waals surface area contributed by atoms with Crippen LogP contribution >= 0.6 is 0 Å². The third-order valence-electron chi connectivity index (χ3n) is 7.24. The van der Waals surface area contributed by atoms with Crippen LogP contribution in [-0.2, 0) is 4.79 Å². The predicted molar refractivity (Wildman–Crippen MR) is 100 cm³/mol. The summed E-state index contributed by atoms with van der Waals surface area (Å²) >= 11 is 0. The fourth-order valence-corrected chi connectivity index (χ4v) is 5.95. The molecular formula is C21H29N3O3. The van der Waals surface area contributed by atoms with Crippen molar-refractivity contribution in [2.45, 2.75) is 50.6 Å². The lowest BCUT2D eigenvalue weighted by Crippen LogP contribution is -2.62. The summed E-state index contributed by atoms with van der Waals surface area (Å²) in [5, 5.41) is 0. The first-order valence-electron chi connectivity index (χ1n) is 10.5. The van der Waals surface area contributed by atoms with E-state index in [2.05, 4.69) is 9.80 Å². The van der Waals surface area contributed by atoms with Gasteiger partial charge in [-0.15, -0.1) is 0 Å². The molecule has 6 heteroatoms. The summed E-state index contributed by atoms with van der Waals surface area (Å²) < 4.78 is 5.05. The van der Waals surface area contributed by atoms with Gasteiger partial charge in [0.25, 0.3) is 5.91 Å². The van der Waals surface area contributed by atoms with Crippen LogP contribution < -0.4 is 0 Å². The first-order chi connectivity index (χ1) is 13.2. The van der Waals surface area contributed by atoms with E-state index in [1.54, 1.807) is 12.3 Å². The molecule has 4 saturated heterocycles. The van der Waals surface area contributed by atoms with Gasteiger partial charge in [-0.05, 0) is 50.0 Å². The van der Waals surface area contributed by atoms with E-state index in [1.165, 1.54) is 19.1 Å². The zero-order chi connectivity index (χ0) is 18.4. The van der Waals surface area contributed by atoms with Gasteiger partial charge in [-0.2, -0.15) is 0 Å². The summed E-state index contributed by atoms with van der Waals surface area (Å²) in [6.07, 6.45) is 9.51. The number of nitrogens with zero attached hydrogens (tertiary/aromatic N) is 3. The molecule has 4 fully saturated rings. The molecule has 4 aliphatic heterocycles. The highest BCUT2D eigenvalue weighted by Crippen LogP contribution is 2.39. The van der Waals surface area contributed by atoms with E-state index in [4.69, 9.17) is 4.42 Å². The van der Waals surface area contributed by atoms with Crippen LogP contribution in [-0.4, -0.2) is 71.3 Å². The minimum Gasteiger partial charge on any atom is -0.472 e. The Bertz CT molecular complexity index is 696. The Hall–Kier alpha value is -1.82. The van der Waals surface area contributed by atoms with Crippen molar-refractivity contribution in [1.82, 2.24) is 14.7 Å². The summed E-state index contributed by atoms with van der Waals surface area (Å²) in [5.41, 5.74) is 0.656. The highest BCUT2D eigenvalue weighted by Gasteiger charge is 2.45. The molecule has 5 heterocycles. The molecule has 5 rings (SSSR count).